The average molecular weight is 329 g/mol. The third kappa shape index (κ3) is 1.96. The van der Waals surface area contributed by atoms with Crippen LogP contribution in [-0.2, 0) is 14.3 Å². The summed E-state index contributed by atoms with van der Waals surface area (Å²) in [4.78, 5) is 26.9. The number of rotatable bonds is 5. The Labute approximate surface area is 139 Å². The van der Waals surface area contributed by atoms with Gasteiger partial charge in [0.05, 0.1) is 36.8 Å². The molecule has 1 aromatic rings. The van der Waals surface area contributed by atoms with Crippen molar-refractivity contribution in [2.45, 2.75) is 25.0 Å². The molecule has 2 saturated heterocycles. The summed E-state index contributed by atoms with van der Waals surface area (Å²) in [5.41, 5.74) is -0.531. The lowest BCUT2D eigenvalue weighted by atomic mass is 9.77. The molecule has 126 valence electrons. The van der Waals surface area contributed by atoms with E-state index in [4.69, 9.17) is 9.47 Å². The Morgan fingerprint density at radius 2 is 2.00 bits per heavy atom. The minimum absolute atomic E-state index is 0.267. The van der Waals surface area contributed by atoms with Gasteiger partial charge in [-0.3, -0.25) is 9.59 Å². The third-order valence-corrected chi connectivity index (χ3v) is 4.97. The van der Waals surface area contributed by atoms with Gasteiger partial charge in [-0.05, 0) is 30.7 Å². The van der Waals surface area contributed by atoms with Crippen LogP contribution in [0.15, 0.2) is 36.4 Å². The predicted molar refractivity (Wildman–Crippen MR) is 85.5 cm³/mol. The lowest BCUT2D eigenvalue weighted by Crippen LogP contribution is -2.43. The number of anilines is 1. The topological polar surface area (TPSA) is 76.1 Å². The van der Waals surface area contributed by atoms with E-state index in [-0.39, 0.29) is 18.4 Å². The second kappa shape index (κ2) is 5.43. The van der Waals surface area contributed by atoms with Crippen molar-refractivity contribution in [1.29, 1.82) is 0 Å². The van der Waals surface area contributed by atoms with E-state index in [2.05, 4.69) is 0 Å². The van der Waals surface area contributed by atoms with Gasteiger partial charge in [-0.2, -0.15) is 0 Å². The monoisotopic (exact) mass is 329 g/mol. The number of hydrogen-bond acceptors (Lipinski definition) is 5. The Hall–Kier alpha value is -2.18. The molecule has 0 aliphatic carbocycles. The molecule has 2 amide bonds. The van der Waals surface area contributed by atoms with Crippen LogP contribution in [0.1, 0.15) is 13.3 Å². The summed E-state index contributed by atoms with van der Waals surface area (Å²) in [6.07, 6.45) is 3.96. The Balaban J connectivity index is 1.62. The first-order valence-corrected chi connectivity index (χ1v) is 8.20. The van der Waals surface area contributed by atoms with E-state index in [1.165, 1.54) is 4.90 Å². The van der Waals surface area contributed by atoms with Crippen LogP contribution in [0, 0.1) is 11.8 Å². The number of benzene rings is 1. The van der Waals surface area contributed by atoms with Gasteiger partial charge in [-0.1, -0.05) is 19.1 Å². The van der Waals surface area contributed by atoms with Gasteiger partial charge in [0.2, 0.25) is 11.8 Å². The molecule has 0 aromatic heterocycles. The number of carbonyl (C=O) groups excluding carboxylic acids is 2. The highest BCUT2D eigenvalue weighted by Gasteiger charge is 2.67. The van der Waals surface area contributed by atoms with E-state index in [0.717, 1.165) is 6.42 Å². The summed E-state index contributed by atoms with van der Waals surface area (Å²) in [7, 11) is 0. The number of hydrogen-bond donors (Lipinski definition) is 1. The number of ether oxygens (including phenoxy) is 2. The van der Waals surface area contributed by atoms with Crippen molar-refractivity contribution in [3.05, 3.63) is 36.4 Å². The van der Waals surface area contributed by atoms with E-state index in [1.807, 2.05) is 6.92 Å². The molecule has 1 N–H and O–H groups in total. The van der Waals surface area contributed by atoms with Crippen LogP contribution < -0.4 is 9.64 Å². The second-order valence-electron chi connectivity index (χ2n) is 6.41. The van der Waals surface area contributed by atoms with Gasteiger partial charge in [0.25, 0.3) is 0 Å². The SMILES string of the molecule is CCCOc1ccc(N2C(=O)[C@@H]3[C@@H](C2=O)[C@]2(CO)C=C[C@H]3O2)cc1. The molecule has 0 spiro atoms. The summed E-state index contributed by atoms with van der Waals surface area (Å²) in [6, 6.07) is 6.93. The summed E-state index contributed by atoms with van der Waals surface area (Å²) < 4.78 is 11.2. The Morgan fingerprint density at radius 1 is 1.25 bits per heavy atom. The van der Waals surface area contributed by atoms with Crippen molar-refractivity contribution in [2.75, 3.05) is 18.1 Å². The van der Waals surface area contributed by atoms with Crippen molar-refractivity contribution in [1.82, 2.24) is 0 Å². The zero-order valence-corrected chi connectivity index (χ0v) is 13.3. The molecule has 24 heavy (non-hydrogen) atoms. The van der Waals surface area contributed by atoms with Crippen molar-refractivity contribution in [2.24, 2.45) is 11.8 Å². The molecular formula is C18H19NO5. The maximum Gasteiger partial charge on any atom is 0.241 e. The van der Waals surface area contributed by atoms with Gasteiger partial charge in [0.1, 0.15) is 11.4 Å². The van der Waals surface area contributed by atoms with Crippen molar-refractivity contribution >= 4 is 17.5 Å². The van der Waals surface area contributed by atoms with E-state index in [0.29, 0.717) is 18.0 Å². The summed E-state index contributed by atoms with van der Waals surface area (Å²) in [5.74, 6) is -1.08. The second-order valence-corrected chi connectivity index (χ2v) is 6.41. The van der Waals surface area contributed by atoms with Crippen molar-refractivity contribution < 1.29 is 24.2 Å². The minimum Gasteiger partial charge on any atom is -0.494 e. The molecule has 3 heterocycles. The molecule has 4 atom stereocenters. The predicted octanol–water partition coefficient (Wildman–Crippen LogP) is 1.28. The number of fused-ring (bicyclic) bond motifs is 5. The molecule has 6 nitrogen and oxygen atoms in total. The third-order valence-electron chi connectivity index (χ3n) is 4.97. The maximum absolute atomic E-state index is 12.9. The zero-order chi connectivity index (χ0) is 16.9. The largest absolute Gasteiger partial charge is 0.494 e. The molecule has 0 radical (unpaired) electrons. The highest BCUT2D eigenvalue weighted by molar-refractivity contribution is 6.23. The molecule has 0 unspecified atom stereocenters. The first kappa shape index (κ1) is 15.4. The molecule has 6 heteroatoms. The van der Waals surface area contributed by atoms with Crippen LogP contribution in [0.5, 0.6) is 5.75 Å². The van der Waals surface area contributed by atoms with Crippen molar-refractivity contribution in [3.63, 3.8) is 0 Å². The summed E-state index contributed by atoms with van der Waals surface area (Å²) in [5, 5.41) is 9.70. The fourth-order valence-electron chi connectivity index (χ4n) is 3.85. The van der Waals surface area contributed by atoms with Gasteiger partial charge in [0.15, 0.2) is 0 Å². The molecule has 2 fully saturated rings. The molecular weight excluding hydrogens is 310 g/mol. The standard InChI is InChI=1S/C18H19NO5/c1-2-9-23-12-5-3-11(4-6-12)19-16(21)14-13-7-8-18(10-20,24-13)15(14)17(19)22/h3-8,13-15,20H,2,9-10H2,1H3/t13-,14+,15+,18-/m1/s1. The normalized spacial score (nSPS) is 33.4. The summed E-state index contributed by atoms with van der Waals surface area (Å²) in [6.45, 7) is 2.34. The van der Waals surface area contributed by atoms with Crippen LogP contribution in [-0.4, -0.2) is 41.8 Å². The quantitative estimate of drug-likeness (QED) is 0.650. The first-order chi connectivity index (χ1) is 11.6. The van der Waals surface area contributed by atoms with E-state index >= 15 is 0 Å². The Morgan fingerprint density at radius 3 is 2.67 bits per heavy atom. The molecule has 4 rings (SSSR count). The van der Waals surface area contributed by atoms with Crippen LogP contribution in [0.4, 0.5) is 5.69 Å². The molecule has 1 aromatic carbocycles. The van der Waals surface area contributed by atoms with Gasteiger partial charge in [-0.15, -0.1) is 0 Å². The maximum atomic E-state index is 12.9. The minimum atomic E-state index is -1.05. The number of imide groups is 1. The first-order valence-electron chi connectivity index (χ1n) is 8.20. The Bertz CT molecular complexity index is 713. The number of amides is 2. The molecule has 3 aliphatic heterocycles. The number of aliphatic hydroxyl groups is 1. The summed E-state index contributed by atoms with van der Waals surface area (Å²) >= 11 is 0. The van der Waals surface area contributed by atoms with Crippen molar-refractivity contribution in [3.8, 4) is 5.75 Å². The number of carbonyl (C=O) groups is 2. The van der Waals surface area contributed by atoms with Crippen LogP contribution in [0.2, 0.25) is 0 Å². The molecule has 2 bridgehead atoms. The number of nitrogens with zero attached hydrogens (tertiary/aromatic N) is 1. The zero-order valence-electron chi connectivity index (χ0n) is 13.3. The highest BCUT2D eigenvalue weighted by atomic mass is 16.5. The van der Waals surface area contributed by atoms with E-state index in [1.54, 1.807) is 36.4 Å². The Kier molecular flexibility index (Phi) is 3.47. The number of aliphatic hydroxyl groups excluding tert-OH is 1. The van der Waals surface area contributed by atoms with Gasteiger partial charge >= 0.3 is 0 Å². The lowest BCUT2D eigenvalue weighted by molar-refractivity contribution is -0.128. The smallest absolute Gasteiger partial charge is 0.241 e. The van der Waals surface area contributed by atoms with Gasteiger partial charge < -0.3 is 14.6 Å². The van der Waals surface area contributed by atoms with Crippen LogP contribution >= 0.6 is 0 Å². The lowest BCUT2D eigenvalue weighted by Gasteiger charge is -2.26. The average Bonchev–Trinajstić information content (AvgIpc) is 3.25. The van der Waals surface area contributed by atoms with Gasteiger partial charge in [-0.25, -0.2) is 4.90 Å². The van der Waals surface area contributed by atoms with Crippen LogP contribution in [0.25, 0.3) is 0 Å². The van der Waals surface area contributed by atoms with Gasteiger partial charge in [0, 0.05) is 0 Å². The molecule has 0 saturated carbocycles. The van der Waals surface area contributed by atoms with Crippen LogP contribution in [0.3, 0.4) is 0 Å². The molecule has 3 aliphatic rings. The van der Waals surface area contributed by atoms with E-state index < -0.39 is 23.5 Å². The fourth-order valence-corrected chi connectivity index (χ4v) is 3.85. The highest BCUT2D eigenvalue weighted by Crippen LogP contribution is 2.52. The fraction of sp³-hybridized carbons (Fsp3) is 0.444. The van der Waals surface area contributed by atoms with E-state index in [9.17, 15) is 14.7 Å².